The lowest BCUT2D eigenvalue weighted by molar-refractivity contribution is 0.0697. The molecule has 0 bridgehead atoms. The third-order valence-corrected chi connectivity index (χ3v) is 3.02. The smallest absolute Gasteiger partial charge is 0.335 e. The number of carboxylic acids is 1. The Hall–Kier alpha value is -1.51. The highest BCUT2D eigenvalue weighted by molar-refractivity contribution is 5.87. The number of hydrogen-bond donors (Lipinski definition) is 2. The first-order chi connectivity index (χ1) is 7.54. The summed E-state index contributed by atoms with van der Waals surface area (Å²) in [6.45, 7) is 6.50. The van der Waals surface area contributed by atoms with Crippen LogP contribution in [0.25, 0.3) is 0 Å². The van der Waals surface area contributed by atoms with Crippen molar-refractivity contribution in [1.82, 2.24) is 0 Å². The summed E-state index contributed by atoms with van der Waals surface area (Å²) in [5.74, 6) is -0.291. The van der Waals surface area contributed by atoms with E-state index in [0.29, 0.717) is 17.5 Å². The Balaban J connectivity index is 2.65. The number of benzene rings is 1. The highest BCUT2D eigenvalue weighted by Crippen LogP contribution is 2.15. The normalized spacial score (nSPS) is 14.2. The third kappa shape index (κ3) is 3.26. The molecule has 16 heavy (non-hydrogen) atoms. The van der Waals surface area contributed by atoms with Crippen LogP contribution >= 0.6 is 0 Å². The van der Waals surface area contributed by atoms with Crippen molar-refractivity contribution in [1.29, 1.82) is 0 Å². The van der Waals surface area contributed by atoms with Gasteiger partial charge in [-0.2, -0.15) is 0 Å². The second-order valence-corrected chi connectivity index (χ2v) is 4.20. The first-order valence-corrected chi connectivity index (χ1v) is 5.64. The summed E-state index contributed by atoms with van der Waals surface area (Å²) in [5.41, 5.74) is 1.29. The lowest BCUT2D eigenvalue weighted by Crippen LogP contribution is -2.23. The zero-order valence-corrected chi connectivity index (χ0v) is 10.0. The van der Waals surface area contributed by atoms with Crippen molar-refractivity contribution in [2.45, 2.75) is 33.2 Å². The lowest BCUT2D eigenvalue weighted by atomic mass is 10.0. The summed E-state index contributed by atoms with van der Waals surface area (Å²) < 4.78 is 0. The van der Waals surface area contributed by atoms with Gasteiger partial charge >= 0.3 is 5.97 Å². The molecule has 0 aliphatic heterocycles. The summed E-state index contributed by atoms with van der Waals surface area (Å²) in [4.78, 5) is 10.7. The van der Waals surface area contributed by atoms with Gasteiger partial charge in [-0.1, -0.05) is 20.3 Å². The van der Waals surface area contributed by atoms with Crippen molar-refractivity contribution in [3.8, 4) is 0 Å². The van der Waals surface area contributed by atoms with Gasteiger partial charge in [0.05, 0.1) is 5.56 Å². The van der Waals surface area contributed by atoms with Crippen molar-refractivity contribution in [2.24, 2.45) is 5.92 Å². The Labute approximate surface area is 96.5 Å². The maximum absolute atomic E-state index is 10.7. The van der Waals surface area contributed by atoms with Crippen LogP contribution in [0.1, 0.15) is 37.6 Å². The van der Waals surface area contributed by atoms with Crippen LogP contribution in [-0.2, 0) is 0 Å². The van der Waals surface area contributed by atoms with Crippen LogP contribution < -0.4 is 5.32 Å². The van der Waals surface area contributed by atoms with E-state index in [1.807, 2.05) is 12.1 Å². The number of carboxylic acid groups (broad SMARTS) is 1. The molecule has 0 radical (unpaired) electrons. The first kappa shape index (κ1) is 12.6. The molecule has 88 valence electrons. The van der Waals surface area contributed by atoms with E-state index in [0.717, 1.165) is 12.1 Å². The largest absolute Gasteiger partial charge is 0.478 e. The van der Waals surface area contributed by atoms with Crippen molar-refractivity contribution in [2.75, 3.05) is 5.32 Å². The van der Waals surface area contributed by atoms with Gasteiger partial charge in [-0.25, -0.2) is 4.79 Å². The van der Waals surface area contributed by atoms with Crippen LogP contribution in [0.15, 0.2) is 24.3 Å². The molecule has 0 aromatic heterocycles. The van der Waals surface area contributed by atoms with E-state index in [2.05, 4.69) is 26.1 Å². The molecule has 0 aliphatic rings. The first-order valence-electron chi connectivity index (χ1n) is 5.64. The zero-order chi connectivity index (χ0) is 12.1. The number of aromatic carboxylic acids is 1. The van der Waals surface area contributed by atoms with Gasteiger partial charge in [0, 0.05) is 11.7 Å². The van der Waals surface area contributed by atoms with Crippen LogP contribution in [0.5, 0.6) is 0 Å². The van der Waals surface area contributed by atoms with Crippen molar-refractivity contribution < 1.29 is 9.90 Å². The number of anilines is 1. The fourth-order valence-electron chi connectivity index (χ4n) is 1.47. The molecule has 1 rings (SSSR count). The van der Waals surface area contributed by atoms with Gasteiger partial charge < -0.3 is 10.4 Å². The van der Waals surface area contributed by atoms with Crippen LogP contribution in [0, 0.1) is 5.92 Å². The van der Waals surface area contributed by atoms with Gasteiger partial charge in [0.15, 0.2) is 0 Å². The molecule has 2 unspecified atom stereocenters. The maximum atomic E-state index is 10.7. The minimum Gasteiger partial charge on any atom is -0.478 e. The fourth-order valence-corrected chi connectivity index (χ4v) is 1.47. The van der Waals surface area contributed by atoms with Gasteiger partial charge in [-0.05, 0) is 37.1 Å². The molecule has 0 spiro atoms. The molecule has 0 amide bonds. The fraction of sp³-hybridized carbons (Fsp3) is 0.462. The van der Waals surface area contributed by atoms with E-state index in [9.17, 15) is 4.79 Å². The lowest BCUT2D eigenvalue weighted by Gasteiger charge is -2.21. The van der Waals surface area contributed by atoms with Gasteiger partial charge in [0.2, 0.25) is 0 Å². The molecular weight excluding hydrogens is 202 g/mol. The molecule has 1 aromatic rings. The van der Waals surface area contributed by atoms with Crippen LogP contribution in [-0.4, -0.2) is 17.1 Å². The molecule has 0 heterocycles. The molecule has 3 heteroatoms. The molecule has 0 saturated heterocycles. The monoisotopic (exact) mass is 221 g/mol. The molecule has 0 aliphatic carbocycles. The minimum atomic E-state index is -0.887. The Morgan fingerprint density at radius 3 is 2.31 bits per heavy atom. The number of nitrogens with one attached hydrogen (secondary N) is 1. The molecule has 1 aromatic carbocycles. The van der Waals surface area contributed by atoms with E-state index >= 15 is 0 Å². The third-order valence-electron chi connectivity index (χ3n) is 3.02. The van der Waals surface area contributed by atoms with Crippen molar-refractivity contribution >= 4 is 11.7 Å². The standard InChI is InChI=1S/C13H19NO2/c1-4-9(2)10(3)14-12-7-5-11(6-8-12)13(15)16/h5-10,14H,4H2,1-3H3,(H,15,16). The van der Waals surface area contributed by atoms with Gasteiger partial charge in [-0.3, -0.25) is 0 Å². The highest BCUT2D eigenvalue weighted by Gasteiger charge is 2.09. The van der Waals surface area contributed by atoms with E-state index in [-0.39, 0.29) is 0 Å². The zero-order valence-electron chi connectivity index (χ0n) is 10.0. The predicted octanol–water partition coefficient (Wildman–Crippen LogP) is 3.23. The Morgan fingerprint density at radius 2 is 1.88 bits per heavy atom. The SMILES string of the molecule is CCC(C)C(C)Nc1ccc(C(=O)O)cc1. The van der Waals surface area contributed by atoms with Gasteiger partial charge in [-0.15, -0.1) is 0 Å². The van der Waals surface area contributed by atoms with E-state index in [4.69, 9.17) is 5.11 Å². The molecular formula is C13H19NO2. The summed E-state index contributed by atoms with van der Waals surface area (Å²) >= 11 is 0. The van der Waals surface area contributed by atoms with Crippen LogP contribution in [0.4, 0.5) is 5.69 Å². The van der Waals surface area contributed by atoms with Gasteiger partial charge in [0.1, 0.15) is 0 Å². The minimum absolute atomic E-state index is 0.321. The highest BCUT2D eigenvalue weighted by atomic mass is 16.4. The summed E-state index contributed by atoms with van der Waals surface area (Å²) in [5, 5.41) is 12.1. The molecule has 0 fully saturated rings. The van der Waals surface area contributed by atoms with Crippen molar-refractivity contribution in [3.63, 3.8) is 0 Å². The second-order valence-electron chi connectivity index (χ2n) is 4.20. The molecule has 2 N–H and O–H groups in total. The Bertz CT molecular complexity index is 345. The summed E-state index contributed by atoms with van der Waals surface area (Å²) in [7, 11) is 0. The molecule has 0 saturated carbocycles. The Morgan fingerprint density at radius 1 is 1.31 bits per heavy atom. The maximum Gasteiger partial charge on any atom is 0.335 e. The van der Waals surface area contributed by atoms with E-state index < -0.39 is 5.97 Å². The molecule has 3 nitrogen and oxygen atoms in total. The average Bonchev–Trinajstić information content (AvgIpc) is 2.28. The van der Waals surface area contributed by atoms with Crippen LogP contribution in [0.3, 0.4) is 0 Å². The van der Waals surface area contributed by atoms with Gasteiger partial charge in [0.25, 0.3) is 0 Å². The quantitative estimate of drug-likeness (QED) is 0.802. The topological polar surface area (TPSA) is 49.3 Å². The predicted molar refractivity (Wildman–Crippen MR) is 65.9 cm³/mol. The molecule has 2 atom stereocenters. The average molecular weight is 221 g/mol. The number of hydrogen-bond acceptors (Lipinski definition) is 2. The van der Waals surface area contributed by atoms with E-state index in [1.54, 1.807) is 12.1 Å². The van der Waals surface area contributed by atoms with Crippen molar-refractivity contribution in [3.05, 3.63) is 29.8 Å². The summed E-state index contributed by atoms with van der Waals surface area (Å²) in [6, 6.07) is 7.24. The van der Waals surface area contributed by atoms with E-state index in [1.165, 1.54) is 0 Å². The second kappa shape index (κ2) is 5.54. The Kier molecular flexibility index (Phi) is 4.35. The number of carbonyl (C=O) groups is 1. The summed E-state index contributed by atoms with van der Waals surface area (Å²) in [6.07, 6.45) is 1.13. The number of rotatable bonds is 5. The van der Waals surface area contributed by atoms with Crippen LogP contribution in [0.2, 0.25) is 0 Å².